The Kier molecular flexibility index (Phi) is 4.24. The Morgan fingerprint density at radius 2 is 2.26 bits per heavy atom. The minimum absolute atomic E-state index is 0.124. The van der Waals surface area contributed by atoms with Gasteiger partial charge in [0.25, 0.3) is 0 Å². The van der Waals surface area contributed by atoms with Gasteiger partial charge in [-0.2, -0.15) is 5.26 Å². The van der Waals surface area contributed by atoms with Crippen LogP contribution in [0.4, 0.5) is 11.4 Å². The highest BCUT2D eigenvalue weighted by atomic mass is 16.1. The van der Waals surface area contributed by atoms with Crippen LogP contribution in [-0.4, -0.2) is 18.5 Å². The summed E-state index contributed by atoms with van der Waals surface area (Å²) in [6.45, 7) is 0.701. The normalized spacial score (nSPS) is 13.6. The van der Waals surface area contributed by atoms with Crippen molar-refractivity contribution >= 4 is 17.3 Å². The van der Waals surface area contributed by atoms with Gasteiger partial charge in [-0.1, -0.05) is 0 Å². The van der Waals surface area contributed by atoms with E-state index in [1.54, 1.807) is 12.1 Å². The van der Waals surface area contributed by atoms with E-state index >= 15 is 0 Å². The first-order chi connectivity index (χ1) is 9.19. The first-order valence-corrected chi connectivity index (χ1v) is 6.52. The molecule has 0 saturated heterocycles. The molecule has 1 aliphatic rings. The van der Waals surface area contributed by atoms with Crippen LogP contribution >= 0.6 is 0 Å². The average molecular weight is 258 g/mol. The lowest BCUT2D eigenvalue weighted by Crippen LogP contribution is -2.25. The summed E-state index contributed by atoms with van der Waals surface area (Å²) in [5.41, 5.74) is 7.45. The molecule has 1 fully saturated rings. The number of amides is 1. The third-order valence-corrected chi connectivity index (χ3v) is 3.03. The van der Waals surface area contributed by atoms with Gasteiger partial charge in [-0.25, -0.2) is 0 Å². The minimum atomic E-state index is 0.124. The van der Waals surface area contributed by atoms with E-state index in [2.05, 4.69) is 10.6 Å². The fraction of sp³-hybridized carbons (Fsp3) is 0.429. The molecular weight excluding hydrogens is 240 g/mol. The lowest BCUT2D eigenvalue weighted by atomic mass is 10.1. The fourth-order valence-corrected chi connectivity index (χ4v) is 1.77. The molecule has 1 aromatic rings. The minimum Gasteiger partial charge on any atom is -0.398 e. The zero-order valence-electron chi connectivity index (χ0n) is 10.8. The second kappa shape index (κ2) is 6.10. The average Bonchev–Trinajstić information content (AvgIpc) is 3.20. The first-order valence-electron chi connectivity index (χ1n) is 6.52. The van der Waals surface area contributed by atoms with Crippen molar-refractivity contribution in [2.24, 2.45) is 0 Å². The van der Waals surface area contributed by atoms with Crippen molar-refractivity contribution in [3.8, 4) is 6.07 Å². The van der Waals surface area contributed by atoms with Crippen LogP contribution in [0.2, 0.25) is 0 Å². The number of nitrogens with zero attached hydrogens (tertiary/aromatic N) is 1. The van der Waals surface area contributed by atoms with Crippen molar-refractivity contribution in [1.82, 2.24) is 5.32 Å². The van der Waals surface area contributed by atoms with E-state index in [0.717, 1.165) is 24.9 Å². The lowest BCUT2D eigenvalue weighted by molar-refractivity contribution is -0.121. The molecule has 0 aliphatic heterocycles. The largest absolute Gasteiger partial charge is 0.398 e. The van der Waals surface area contributed by atoms with E-state index < -0.39 is 0 Å². The van der Waals surface area contributed by atoms with Crippen LogP contribution < -0.4 is 16.4 Å². The third-order valence-electron chi connectivity index (χ3n) is 3.03. The standard InChI is InChI=1S/C14H18N4O/c15-9-10-8-12(5-6-13(10)16)17-7-1-2-14(19)18-11-3-4-11/h5-6,8,11,17H,1-4,7,16H2,(H,18,19). The summed E-state index contributed by atoms with van der Waals surface area (Å²) in [4.78, 5) is 11.5. The molecule has 19 heavy (non-hydrogen) atoms. The van der Waals surface area contributed by atoms with E-state index in [-0.39, 0.29) is 5.91 Å². The van der Waals surface area contributed by atoms with Gasteiger partial charge in [0.15, 0.2) is 0 Å². The Balaban J connectivity index is 1.70. The van der Waals surface area contributed by atoms with Crippen LogP contribution in [0, 0.1) is 11.3 Å². The van der Waals surface area contributed by atoms with Crippen LogP contribution in [0.25, 0.3) is 0 Å². The van der Waals surface area contributed by atoms with E-state index in [1.807, 2.05) is 12.1 Å². The van der Waals surface area contributed by atoms with Crippen LogP contribution in [-0.2, 0) is 4.79 Å². The number of carbonyl (C=O) groups is 1. The number of nitrogens with one attached hydrogen (secondary N) is 2. The van der Waals surface area contributed by atoms with Crippen LogP contribution in [0.1, 0.15) is 31.2 Å². The quantitative estimate of drug-likeness (QED) is 0.534. The Bertz CT molecular complexity index is 503. The van der Waals surface area contributed by atoms with Crippen molar-refractivity contribution in [2.45, 2.75) is 31.7 Å². The highest BCUT2D eigenvalue weighted by Crippen LogP contribution is 2.19. The number of nitrogens with two attached hydrogens (primary N) is 1. The van der Waals surface area contributed by atoms with Gasteiger partial charge >= 0.3 is 0 Å². The molecule has 5 nitrogen and oxygen atoms in total. The third kappa shape index (κ3) is 4.18. The number of anilines is 2. The van der Waals surface area contributed by atoms with Gasteiger partial charge in [0.05, 0.1) is 5.56 Å². The van der Waals surface area contributed by atoms with Gasteiger partial charge in [-0.3, -0.25) is 4.79 Å². The Morgan fingerprint density at radius 3 is 2.95 bits per heavy atom. The number of rotatable bonds is 6. The number of benzene rings is 1. The van der Waals surface area contributed by atoms with Gasteiger partial charge in [0.2, 0.25) is 5.91 Å². The van der Waals surface area contributed by atoms with E-state index in [0.29, 0.717) is 30.3 Å². The van der Waals surface area contributed by atoms with Crippen LogP contribution in [0.3, 0.4) is 0 Å². The number of hydrogen-bond donors (Lipinski definition) is 3. The van der Waals surface area contributed by atoms with Crippen molar-refractivity contribution < 1.29 is 4.79 Å². The van der Waals surface area contributed by atoms with Crippen molar-refractivity contribution in [2.75, 3.05) is 17.6 Å². The second-order valence-corrected chi connectivity index (χ2v) is 4.79. The molecule has 1 saturated carbocycles. The molecular formula is C14H18N4O. The zero-order valence-corrected chi connectivity index (χ0v) is 10.8. The van der Waals surface area contributed by atoms with E-state index in [4.69, 9.17) is 11.0 Å². The molecule has 0 aromatic heterocycles. The predicted molar refractivity (Wildman–Crippen MR) is 74.5 cm³/mol. The van der Waals surface area contributed by atoms with Crippen molar-refractivity contribution in [1.29, 1.82) is 5.26 Å². The van der Waals surface area contributed by atoms with Crippen molar-refractivity contribution in [3.63, 3.8) is 0 Å². The van der Waals surface area contributed by atoms with Crippen LogP contribution in [0.5, 0.6) is 0 Å². The van der Waals surface area contributed by atoms with Gasteiger partial charge in [0, 0.05) is 30.4 Å². The summed E-state index contributed by atoms with van der Waals surface area (Å²) < 4.78 is 0. The molecule has 0 radical (unpaired) electrons. The summed E-state index contributed by atoms with van der Waals surface area (Å²) in [7, 11) is 0. The van der Waals surface area contributed by atoms with Gasteiger partial charge in [0.1, 0.15) is 6.07 Å². The van der Waals surface area contributed by atoms with Gasteiger partial charge in [-0.15, -0.1) is 0 Å². The van der Waals surface area contributed by atoms with Gasteiger partial charge < -0.3 is 16.4 Å². The van der Waals surface area contributed by atoms with Crippen molar-refractivity contribution in [3.05, 3.63) is 23.8 Å². The maximum Gasteiger partial charge on any atom is 0.220 e. The topological polar surface area (TPSA) is 90.9 Å². The summed E-state index contributed by atoms with van der Waals surface area (Å²) in [5, 5.41) is 15.0. The summed E-state index contributed by atoms with van der Waals surface area (Å²) >= 11 is 0. The molecule has 2 rings (SSSR count). The maximum absolute atomic E-state index is 11.5. The molecule has 1 aliphatic carbocycles. The summed E-state index contributed by atoms with van der Waals surface area (Å²) in [6.07, 6.45) is 3.53. The Hall–Kier alpha value is -2.22. The number of hydrogen-bond acceptors (Lipinski definition) is 4. The fourth-order valence-electron chi connectivity index (χ4n) is 1.77. The maximum atomic E-state index is 11.5. The second-order valence-electron chi connectivity index (χ2n) is 4.79. The molecule has 0 bridgehead atoms. The lowest BCUT2D eigenvalue weighted by Gasteiger charge is -2.08. The molecule has 5 heteroatoms. The monoisotopic (exact) mass is 258 g/mol. The molecule has 1 aromatic carbocycles. The SMILES string of the molecule is N#Cc1cc(NCCCC(=O)NC2CC2)ccc1N. The van der Waals surface area contributed by atoms with E-state index in [1.165, 1.54) is 0 Å². The number of nitriles is 1. The zero-order chi connectivity index (χ0) is 13.7. The molecule has 1 amide bonds. The molecule has 0 heterocycles. The van der Waals surface area contributed by atoms with E-state index in [9.17, 15) is 4.79 Å². The highest BCUT2D eigenvalue weighted by molar-refractivity contribution is 5.76. The molecule has 4 N–H and O–H groups in total. The number of nitrogen functional groups attached to an aromatic ring is 1. The predicted octanol–water partition coefficient (Wildman–Crippen LogP) is 1.61. The summed E-state index contributed by atoms with van der Waals surface area (Å²) in [6, 6.07) is 7.73. The first kappa shape index (κ1) is 13.2. The molecule has 0 unspecified atom stereocenters. The number of carbonyl (C=O) groups excluding carboxylic acids is 1. The smallest absolute Gasteiger partial charge is 0.220 e. The van der Waals surface area contributed by atoms with Crippen LogP contribution in [0.15, 0.2) is 18.2 Å². The Labute approximate surface area is 112 Å². The molecule has 0 spiro atoms. The highest BCUT2D eigenvalue weighted by Gasteiger charge is 2.22. The summed E-state index contributed by atoms with van der Waals surface area (Å²) in [5.74, 6) is 0.124. The molecule has 0 atom stereocenters. The molecule has 100 valence electrons. The Morgan fingerprint density at radius 1 is 1.47 bits per heavy atom. The van der Waals surface area contributed by atoms with Gasteiger partial charge in [-0.05, 0) is 37.5 Å².